The topological polar surface area (TPSA) is 18.5 Å². The van der Waals surface area contributed by atoms with Crippen LogP contribution in [0.5, 0.6) is 0 Å². The van der Waals surface area contributed by atoms with Crippen LogP contribution in [-0.2, 0) is 8.23 Å². The summed E-state index contributed by atoms with van der Waals surface area (Å²) in [6, 6.07) is 0. The first-order chi connectivity index (χ1) is 5.10. The molecule has 0 amide bonds. The standard InChI is InChI=1S/C7H22O2Si3/c1-10(8-11(2,3)4)9-12(5,6)7/h10H,1-7H3/p+1. The summed E-state index contributed by atoms with van der Waals surface area (Å²) in [5, 5.41) is 0. The monoisotopic (exact) mass is 223 g/mol. The van der Waals surface area contributed by atoms with Crippen molar-refractivity contribution in [1.29, 1.82) is 0 Å². The third-order valence-electron chi connectivity index (χ3n) is 1.04. The second-order valence-electron chi connectivity index (χ2n) is 5.03. The highest BCUT2D eigenvalue weighted by Gasteiger charge is 2.24. The quantitative estimate of drug-likeness (QED) is 0.682. The molecule has 0 fully saturated rings. The predicted molar refractivity (Wildman–Crippen MR) is 63.0 cm³/mol. The molecule has 0 spiro atoms. The van der Waals surface area contributed by atoms with E-state index in [9.17, 15) is 0 Å². The predicted octanol–water partition coefficient (Wildman–Crippen LogP) is 2.65. The van der Waals surface area contributed by atoms with E-state index in [2.05, 4.69) is 45.8 Å². The molecule has 0 unspecified atom stereocenters. The molecule has 0 aliphatic rings. The largest absolute Gasteiger partial charge is 1.00 e. The summed E-state index contributed by atoms with van der Waals surface area (Å²) in [5.41, 5.74) is 0. The molecule has 5 heteroatoms. The molecule has 0 radical (unpaired) electrons. The molecule has 0 bridgehead atoms. The summed E-state index contributed by atoms with van der Waals surface area (Å²) in [6.45, 7) is 15.4. The number of hydrogen-bond acceptors (Lipinski definition) is 2. The van der Waals surface area contributed by atoms with Crippen LogP contribution >= 0.6 is 0 Å². The lowest BCUT2D eigenvalue weighted by atomic mass is 11.8. The summed E-state index contributed by atoms with van der Waals surface area (Å²) in [4.78, 5) is 0. The zero-order valence-electron chi connectivity index (χ0n) is 10.4. The molecule has 0 aliphatic carbocycles. The fourth-order valence-electron chi connectivity index (χ4n) is 1.02. The molecule has 0 aromatic heterocycles. The van der Waals surface area contributed by atoms with Gasteiger partial charge in [0.15, 0.2) is 16.6 Å². The van der Waals surface area contributed by atoms with Crippen molar-refractivity contribution in [3.8, 4) is 0 Å². The zero-order valence-corrected chi connectivity index (χ0v) is 12.5. The first kappa shape index (κ1) is 12.6. The average Bonchev–Trinajstić information content (AvgIpc) is 1.49. The maximum Gasteiger partial charge on any atom is 1.00 e. The first-order valence-corrected chi connectivity index (χ1v) is 13.4. The molecular formula is C7H23O2Si3+. The Morgan fingerprint density at radius 1 is 0.833 bits per heavy atom. The van der Waals surface area contributed by atoms with Crippen LogP contribution < -0.4 is 0 Å². The second kappa shape index (κ2) is 4.19. The van der Waals surface area contributed by atoms with Gasteiger partial charge < -0.3 is 8.23 Å². The van der Waals surface area contributed by atoms with E-state index in [1.165, 1.54) is 0 Å². The van der Waals surface area contributed by atoms with E-state index >= 15 is 0 Å². The lowest BCUT2D eigenvalue weighted by Crippen LogP contribution is -2.41. The SMILES string of the molecule is C[SiH](O[Si](C)(C)C)O[Si](C)(C)C.[H+]. The van der Waals surface area contributed by atoms with Gasteiger partial charge >= 0.3 is 1.43 Å². The van der Waals surface area contributed by atoms with E-state index in [4.69, 9.17) is 8.23 Å². The smallest absolute Gasteiger partial charge is 0.439 e. The molecule has 0 saturated carbocycles. The van der Waals surface area contributed by atoms with Crippen LogP contribution in [-0.4, -0.2) is 25.9 Å². The van der Waals surface area contributed by atoms with Crippen LogP contribution in [0.1, 0.15) is 1.43 Å². The van der Waals surface area contributed by atoms with E-state index in [0.29, 0.717) is 0 Å². The van der Waals surface area contributed by atoms with Crippen molar-refractivity contribution in [3.63, 3.8) is 0 Å². The molecule has 74 valence electrons. The van der Waals surface area contributed by atoms with Crippen LogP contribution in [0.25, 0.3) is 0 Å². The summed E-state index contributed by atoms with van der Waals surface area (Å²) in [6.07, 6.45) is 0. The molecule has 0 N–H and O–H groups in total. The lowest BCUT2D eigenvalue weighted by molar-refractivity contribution is 0.428. The van der Waals surface area contributed by atoms with Gasteiger partial charge in [0.2, 0.25) is 0 Å². The Bertz CT molecular complexity index is 126. The Morgan fingerprint density at radius 2 is 1.08 bits per heavy atom. The zero-order chi connectivity index (χ0) is 9.99. The summed E-state index contributed by atoms with van der Waals surface area (Å²) in [5.74, 6) is 0. The Kier molecular flexibility index (Phi) is 4.39. The average molecular weight is 224 g/mol. The van der Waals surface area contributed by atoms with Gasteiger partial charge in [0, 0.05) is 0 Å². The minimum absolute atomic E-state index is 0. The van der Waals surface area contributed by atoms with E-state index in [-0.39, 0.29) is 1.43 Å². The Hall–Kier alpha value is 0.571. The molecule has 0 aromatic carbocycles. The number of rotatable bonds is 4. The van der Waals surface area contributed by atoms with E-state index in [1.54, 1.807) is 0 Å². The highest BCUT2D eigenvalue weighted by Crippen LogP contribution is 2.10. The van der Waals surface area contributed by atoms with Crippen molar-refractivity contribution in [3.05, 3.63) is 0 Å². The van der Waals surface area contributed by atoms with Gasteiger partial charge in [-0.2, -0.15) is 0 Å². The van der Waals surface area contributed by atoms with Gasteiger partial charge in [0.1, 0.15) is 0 Å². The highest BCUT2D eigenvalue weighted by molar-refractivity contribution is 6.80. The molecule has 0 aromatic rings. The summed E-state index contributed by atoms with van der Waals surface area (Å²) >= 11 is 0. The maximum atomic E-state index is 5.90. The van der Waals surface area contributed by atoms with E-state index < -0.39 is 25.9 Å². The third-order valence-corrected chi connectivity index (χ3v) is 9.35. The fourth-order valence-corrected chi connectivity index (χ4v) is 9.61. The van der Waals surface area contributed by atoms with Crippen LogP contribution in [0, 0.1) is 0 Å². The van der Waals surface area contributed by atoms with Crippen molar-refractivity contribution in [2.45, 2.75) is 45.8 Å². The normalized spacial score (nSPS) is 14.0. The van der Waals surface area contributed by atoms with Crippen molar-refractivity contribution < 1.29 is 9.66 Å². The Morgan fingerprint density at radius 3 is 1.25 bits per heavy atom. The lowest BCUT2D eigenvalue weighted by Gasteiger charge is -2.28. The molecular weight excluding hydrogens is 200 g/mol. The second-order valence-corrected chi connectivity index (χ2v) is 16.5. The molecule has 0 rings (SSSR count). The molecule has 2 nitrogen and oxygen atoms in total. The van der Waals surface area contributed by atoms with Crippen molar-refractivity contribution in [2.24, 2.45) is 0 Å². The maximum absolute atomic E-state index is 5.90. The van der Waals surface area contributed by atoms with Gasteiger partial charge in [0.05, 0.1) is 0 Å². The fraction of sp³-hybridized carbons (Fsp3) is 1.00. The van der Waals surface area contributed by atoms with Crippen LogP contribution in [0.15, 0.2) is 0 Å². The van der Waals surface area contributed by atoms with Crippen LogP contribution in [0.3, 0.4) is 0 Å². The van der Waals surface area contributed by atoms with E-state index in [1.807, 2.05) is 0 Å². The number of hydrogen-bond donors (Lipinski definition) is 0. The molecule has 0 aliphatic heterocycles. The van der Waals surface area contributed by atoms with Crippen LogP contribution in [0.4, 0.5) is 0 Å². The van der Waals surface area contributed by atoms with E-state index in [0.717, 1.165) is 0 Å². The minimum Gasteiger partial charge on any atom is -0.439 e. The van der Waals surface area contributed by atoms with Gasteiger partial charge in [-0.3, -0.25) is 0 Å². The molecule has 12 heavy (non-hydrogen) atoms. The molecule has 0 saturated heterocycles. The van der Waals surface area contributed by atoms with Gasteiger partial charge in [-0.1, -0.05) is 0 Å². The minimum atomic E-state index is -1.36. The van der Waals surface area contributed by atoms with Crippen LogP contribution in [0.2, 0.25) is 45.8 Å². The Balaban J connectivity index is 0. The van der Waals surface area contributed by atoms with Gasteiger partial charge in [-0.05, 0) is 45.8 Å². The van der Waals surface area contributed by atoms with Gasteiger partial charge in [-0.15, -0.1) is 0 Å². The van der Waals surface area contributed by atoms with Crippen molar-refractivity contribution in [2.75, 3.05) is 0 Å². The molecule has 0 atom stereocenters. The van der Waals surface area contributed by atoms with Crippen molar-refractivity contribution in [1.82, 2.24) is 0 Å². The van der Waals surface area contributed by atoms with Gasteiger partial charge in [-0.25, -0.2) is 0 Å². The van der Waals surface area contributed by atoms with Crippen molar-refractivity contribution >= 4 is 25.9 Å². The third kappa shape index (κ3) is 8.67. The van der Waals surface area contributed by atoms with Gasteiger partial charge in [0.25, 0.3) is 9.28 Å². The summed E-state index contributed by atoms with van der Waals surface area (Å²) < 4.78 is 11.8. The highest BCUT2D eigenvalue weighted by atomic mass is 28.4. The molecule has 0 heterocycles. The first-order valence-electron chi connectivity index (χ1n) is 4.46. The summed E-state index contributed by atoms with van der Waals surface area (Å²) in [7, 11) is -4.05. The Labute approximate surface area is 81.9 Å².